The average molecular weight is 274 g/mol. The van der Waals surface area contributed by atoms with Gasteiger partial charge in [0.25, 0.3) is 0 Å². The Labute approximate surface area is 119 Å². The molecule has 1 aromatic rings. The summed E-state index contributed by atoms with van der Waals surface area (Å²) in [5.41, 5.74) is 6.62. The van der Waals surface area contributed by atoms with Crippen molar-refractivity contribution < 1.29 is 9.53 Å². The van der Waals surface area contributed by atoms with Crippen LogP contribution < -0.4 is 15.8 Å². The Morgan fingerprint density at radius 3 is 2.50 bits per heavy atom. The van der Waals surface area contributed by atoms with Crippen molar-refractivity contribution in [3.63, 3.8) is 0 Å². The lowest BCUT2D eigenvalue weighted by atomic mass is 9.99. The molecule has 2 fully saturated rings. The van der Waals surface area contributed by atoms with Gasteiger partial charge in [0.05, 0.1) is 18.6 Å². The number of benzene rings is 1. The number of nitrogens with two attached hydrogens (primary N) is 1. The van der Waals surface area contributed by atoms with Gasteiger partial charge in [0.2, 0.25) is 5.91 Å². The van der Waals surface area contributed by atoms with Crippen LogP contribution in [0.2, 0.25) is 0 Å². The molecule has 0 heterocycles. The largest absolute Gasteiger partial charge is 0.497 e. The highest BCUT2D eigenvalue weighted by Gasteiger charge is 2.49. The van der Waals surface area contributed by atoms with Gasteiger partial charge in [0.1, 0.15) is 5.75 Å². The summed E-state index contributed by atoms with van der Waals surface area (Å²) in [6.45, 7) is 0.457. The normalized spacial score (nSPS) is 21.1. The minimum absolute atomic E-state index is 0.123. The van der Waals surface area contributed by atoms with Crippen LogP contribution in [-0.2, 0) is 4.79 Å². The number of ether oxygens (including phenoxy) is 1. The molecule has 2 aliphatic rings. The Hall–Kier alpha value is -1.55. The van der Waals surface area contributed by atoms with Crippen molar-refractivity contribution in [2.45, 2.75) is 31.7 Å². The van der Waals surface area contributed by atoms with Gasteiger partial charge in [-0.25, -0.2) is 0 Å². The van der Waals surface area contributed by atoms with Crippen LogP contribution >= 0.6 is 0 Å². The molecule has 1 aromatic carbocycles. The lowest BCUT2D eigenvalue weighted by molar-refractivity contribution is -0.126. The van der Waals surface area contributed by atoms with E-state index >= 15 is 0 Å². The van der Waals surface area contributed by atoms with Crippen molar-refractivity contribution in [2.75, 3.05) is 13.7 Å². The van der Waals surface area contributed by atoms with Crippen molar-refractivity contribution >= 4 is 5.91 Å². The molecule has 0 radical (unpaired) electrons. The van der Waals surface area contributed by atoms with E-state index in [-0.39, 0.29) is 17.4 Å². The molecule has 2 aliphatic carbocycles. The summed E-state index contributed by atoms with van der Waals surface area (Å²) < 4.78 is 5.18. The highest BCUT2D eigenvalue weighted by atomic mass is 16.5. The van der Waals surface area contributed by atoms with Crippen LogP contribution in [0.4, 0.5) is 0 Å². The third kappa shape index (κ3) is 2.52. The number of carbonyl (C=O) groups excluding carboxylic acids is 1. The molecule has 2 saturated carbocycles. The van der Waals surface area contributed by atoms with E-state index in [1.165, 1.54) is 12.8 Å². The first-order chi connectivity index (χ1) is 9.68. The second-order valence-electron chi connectivity index (χ2n) is 6.05. The van der Waals surface area contributed by atoms with Crippen molar-refractivity contribution in [1.29, 1.82) is 0 Å². The number of methoxy groups -OCH3 is 1. The first-order valence-electron chi connectivity index (χ1n) is 7.33. The third-order valence-corrected chi connectivity index (χ3v) is 4.58. The number of nitrogens with one attached hydrogen (secondary N) is 1. The van der Waals surface area contributed by atoms with E-state index < -0.39 is 0 Å². The fourth-order valence-electron chi connectivity index (χ4n) is 2.68. The Kier molecular flexibility index (Phi) is 3.42. The molecule has 3 rings (SSSR count). The number of carbonyl (C=O) groups is 1. The van der Waals surface area contributed by atoms with E-state index in [9.17, 15) is 4.79 Å². The Bertz CT molecular complexity index is 490. The number of rotatable bonds is 6. The molecule has 108 valence electrons. The molecule has 0 spiro atoms. The standard InChI is InChI=1S/C16H22N2O2/c1-20-13-6-4-12(5-7-13)14(11-2-3-11)18-15(19)16(10-17)8-9-16/h4-7,11,14H,2-3,8-10,17H2,1H3,(H,18,19). The molecule has 20 heavy (non-hydrogen) atoms. The van der Waals surface area contributed by atoms with E-state index in [0.29, 0.717) is 12.5 Å². The van der Waals surface area contributed by atoms with Crippen LogP contribution in [0.3, 0.4) is 0 Å². The number of hydrogen-bond acceptors (Lipinski definition) is 3. The van der Waals surface area contributed by atoms with Gasteiger partial charge in [-0.3, -0.25) is 4.79 Å². The van der Waals surface area contributed by atoms with Gasteiger partial charge in [-0.1, -0.05) is 12.1 Å². The molecule has 0 saturated heterocycles. The minimum atomic E-state index is -0.278. The molecule has 0 aliphatic heterocycles. The van der Waals surface area contributed by atoms with Gasteiger partial charge in [-0.2, -0.15) is 0 Å². The van der Waals surface area contributed by atoms with Crippen molar-refractivity contribution in [3.05, 3.63) is 29.8 Å². The van der Waals surface area contributed by atoms with E-state index in [1.54, 1.807) is 7.11 Å². The van der Waals surface area contributed by atoms with Gasteiger partial charge in [-0.15, -0.1) is 0 Å². The maximum Gasteiger partial charge on any atom is 0.227 e. The topological polar surface area (TPSA) is 64.3 Å². The predicted molar refractivity (Wildman–Crippen MR) is 77.3 cm³/mol. The summed E-state index contributed by atoms with van der Waals surface area (Å²) in [6, 6.07) is 8.12. The van der Waals surface area contributed by atoms with Crippen LogP contribution in [-0.4, -0.2) is 19.6 Å². The van der Waals surface area contributed by atoms with E-state index in [4.69, 9.17) is 10.5 Å². The first kappa shape index (κ1) is 13.4. The zero-order valence-electron chi connectivity index (χ0n) is 11.9. The highest BCUT2D eigenvalue weighted by Crippen LogP contribution is 2.47. The van der Waals surface area contributed by atoms with Crippen LogP contribution in [0.5, 0.6) is 5.75 Å². The fraction of sp³-hybridized carbons (Fsp3) is 0.562. The van der Waals surface area contributed by atoms with Crippen molar-refractivity contribution in [1.82, 2.24) is 5.32 Å². The predicted octanol–water partition coefficient (Wildman–Crippen LogP) is 2.00. The maximum absolute atomic E-state index is 12.4. The second-order valence-corrected chi connectivity index (χ2v) is 6.05. The summed E-state index contributed by atoms with van der Waals surface area (Å²) in [5.74, 6) is 1.55. The lowest BCUT2D eigenvalue weighted by Crippen LogP contribution is -2.39. The second kappa shape index (κ2) is 5.09. The minimum Gasteiger partial charge on any atom is -0.497 e. The van der Waals surface area contributed by atoms with E-state index in [2.05, 4.69) is 5.32 Å². The molecular formula is C16H22N2O2. The summed E-state index contributed by atoms with van der Waals surface area (Å²) in [5, 5.41) is 3.23. The monoisotopic (exact) mass is 274 g/mol. The van der Waals surface area contributed by atoms with Crippen molar-refractivity contribution in [2.24, 2.45) is 17.1 Å². The van der Waals surface area contributed by atoms with Gasteiger partial charge >= 0.3 is 0 Å². The molecule has 0 aromatic heterocycles. The average Bonchev–Trinajstić information content (AvgIpc) is 3.38. The fourth-order valence-corrected chi connectivity index (χ4v) is 2.68. The SMILES string of the molecule is COc1ccc(C(NC(=O)C2(CN)CC2)C2CC2)cc1. The zero-order chi connectivity index (χ0) is 14.2. The Balaban J connectivity index is 1.73. The lowest BCUT2D eigenvalue weighted by Gasteiger charge is -2.22. The van der Waals surface area contributed by atoms with Crippen LogP contribution in [0.1, 0.15) is 37.3 Å². The zero-order valence-corrected chi connectivity index (χ0v) is 11.9. The third-order valence-electron chi connectivity index (χ3n) is 4.58. The summed E-state index contributed by atoms with van der Waals surface area (Å²) in [7, 11) is 1.66. The summed E-state index contributed by atoms with van der Waals surface area (Å²) in [4.78, 5) is 12.4. The molecule has 0 bridgehead atoms. The summed E-state index contributed by atoms with van der Waals surface area (Å²) in [6.07, 6.45) is 4.23. The highest BCUT2D eigenvalue weighted by molar-refractivity contribution is 5.86. The Morgan fingerprint density at radius 1 is 1.40 bits per heavy atom. The first-order valence-corrected chi connectivity index (χ1v) is 7.33. The molecule has 1 unspecified atom stereocenters. The number of amides is 1. The van der Waals surface area contributed by atoms with Gasteiger partial charge < -0.3 is 15.8 Å². The smallest absolute Gasteiger partial charge is 0.227 e. The van der Waals surface area contributed by atoms with Gasteiger partial charge in [0.15, 0.2) is 0 Å². The summed E-state index contributed by atoms with van der Waals surface area (Å²) >= 11 is 0. The number of hydrogen-bond donors (Lipinski definition) is 2. The van der Waals surface area contributed by atoms with Crippen LogP contribution in [0.25, 0.3) is 0 Å². The molecule has 4 nitrogen and oxygen atoms in total. The molecule has 1 amide bonds. The maximum atomic E-state index is 12.4. The molecule has 1 atom stereocenters. The van der Waals surface area contributed by atoms with Crippen LogP contribution in [0.15, 0.2) is 24.3 Å². The molecular weight excluding hydrogens is 252 g/mol. The molecule has 4 heteroatoms. The van der Waals surface area contributed by atoms with E-state index in [0.717, 1.165) is 24.2 Å². The van der Waals surface area contributed by atoms with E-state index in [1.807, 2.05) is 24.3 Å². The quantitative estimate of drug-likeness (QED) is 0.834. The Morgan fingerprint density at radius 2 is 2.05 bits per heavy atom. The molecule has 3 N–H and O–H groups in total. The van der Waals surface area contributed by atoms with Crippen LogP contribution in [0, 0.1) is 11.3 Å². The van der Waals surface area contributed by atoms with Gasteiger partial charge in [0, 0.05) is 6.54 Å². The van der Waals surface area contributed by atoms with Gasteiger partial charge in [-0.05, 0) is 49.3 Å². The van der Waals surface area contributed by atoms with Crippen molar-refractivity contribution in [3.8, 4) is 5.75 Å².